The van der Waals surface area contributed by atoms with E-state index in [1.807, 2.05) is 30.3 Å². The van der Waals surface area contributed by atoms with Gasteiger partial charge in [0, 0.05) is 17.3 Å². The monoisotopic (exact) mass is 363 g/mol. The standard InChI is InChI=1S/C21H17NO5/c1-14(23)16-7-9-17(10-8-16)22-21(25)19-11-18(24)20(13-27-19)26-12-15-5-3-2-4-6-15/h2-11,13H,12H2,1H3,(H,22,25). The van der Waals surface area contributed by atoms with Crippen molar-refractivity contribution in [2.24, 2.45) is 0 Å². The zero-order valence-corrected chi connectivity index (χ0v) is 14.6. The predicted molar refractivity (Wildman–Crippen MR) is 100 cm³/mol. The van der Waals surface area contributed by atoms with Gasteiger partial charge in [0.1, 0.15) is 12.9 Å². The molecule has 1 aromatic heterocycles. The quantitative estimate of drug-likeness (QED) is 0.675. The normalized spacial score (nSPS) is 10.3. The number of ether oxygens (including phenoxy) is 1. The van der Waals surface area contributed by atoms with Gasteiger partial charge in [-0.05, 0) is 36.8 Å². The van der Waals surface area contributed by atoms with Gasteiger partial charge in [-0.15, -0.1) is 0 Å². The highest BCUT2D eigenvalue weighted by Gasteiger charge is 2.13. The Morgan fingerprint density at radius 3 is 2.37 bits per heavy atom. The summed E-state index contributed by atoms with van der Waals surface area (Å²) in [6.45, 7) is 1.68. The molecular formula is C21H17NO5. The molecule has 0 atom stereocenters. The van der Waals surface area contributed by atoms with Crippen LogP contribution in [0.15, 0.2) is 76.1 Å². The number of hydrogen-bond acceptors (Lipinski definition) is 5. The number of hydrogen-bond donors (Lipinski definition) is 1. The van der Waals surface area contributed by atoms with E-state index >= 15 is 0 Å². The highest BCUT2D eigenvalue weighted by atomic mass is 16.5. The van der Waals surface area contributed by atoms with Gasteiger partial charge in [0.2, 0.25) is 11.2 Å². The lowest BCUT2D eigenvalue weighted by Crippen LogP contribution is -2.15. The second-order valence-electron chi connectivity index (χ2n) is 5.83. The molecule has 2 aromatic carbocycles. The number of ketones is 1. The summed E-state index contributed by atoms with van der Waals surface area (Å²) in [5.41, 5.74) is 1.48. The molecule has 0 saturated heterocycles. The van der Waals surface area contributed by atoms with Crippen molar-refractivity contribution in [3.8, 4) is 5.75 Å². The molecule has 6 heteroatoms. The zero-order chi connectivity index (χ0) is 19.2. The summed E-state index contributed by atoms with van der Waals surface area (Å²) in [6, 6.07) is 16.9. The Hall–Kier alpha value is -3.67. The van der Waals surface area contributed by atoms with Crippen LogP contribution in [0.2, 0.25) is 0 Å². The van der Waals surface area contributed by atoms with E-state index in [1.54, 1.807) is 24.3 Å². The number of nitrogens with one attached hydrogen (secondary N) is 1. The first-order valence-corrected chi connectivity index (χ1v) is 8.25. The van der Waals surface area contributed by atoms with E-state index in [9.17, 15) is 14.4 Å². The van der Waals surface area contributed by atoms with Gasteiger partial charge < -0.3 is 14.5 Å². The Kier molecular flexibility index (Phi) is 5.47. The van der Waals surface area contributed by atoms with E-state index in [1.165, 1.54) is 6.92 Å². The summed E-state index contributed by atoms with van der Waals surface area (Å²) in [7, 11) is 0. The molecule has 3 rings (SSSR count). The van der Waals surface area contributed by atoms with Crippen LogP contribution in [0.4, 0.5) is 5.69 Å². The van der Waals surface area contributed by atoms with E-state index in [-0.39, 0.29) is 23.9 Å². The number of amides is 1. The average molecular weight is 363 g/mol. The molecule has 1 heterocycles. The van der Waals surface area contributed by atoms with Crippen molar-refractivity contribution in [2.45, 2.75) is 13.5 Å². The summed E-state index contributed by atoms with van der Waals surface area (Å²) in [5, 5.41) is 2.61. The topological polar surface area (TPSA) is 85.6 Å². The molecule has 1 amide bonds. The minimum atomic E-state index is -0.572. The maximum atomic E-state index is 12.2. The number of benzene rings is 2. The summed E-state index contributed by atoms with van der Waals surface area (Å²) >= 11 is 0. The van der Waals surface area contributed by atoms with Crippen LogP contribution < -0.4 is 15.5 Å². The van der Waals surface area contributed by atoms with Crippen molar-refractivity contribution in [3.05, 3.63) is 94.0 Å². The van der Waals surface area contributed by atoms with E-state index < -0.39 is 11.3 Å². The van der Waals surface area contributed by atoms with Crippen LogP contribution in [0.25, 0.3) is 0 Å². The first kappa shape index (κ1) is 18.1. The largest absolute Gasteiger partial charge is 0.482 e. The molecule has 0 bridgehead atoms. The van der Waals surface area contributed by atoms with Crippen molar-refractivity contribution in [3.63, 3.8) is 0 Å². The van der Waals surface area contributed by atoms with Crippen LogP contribution >= 0.6 is 0 Å². The number of anilines is 1. The molecule has 0 aliphatic carbocycles. The molecule has 0 saturated carbocycles. The number of rotatable bonds is 6. The predicted octanol–water partition coefficient (Wildman–Crippen LogP) is 3.67. The van der Waals surface area contributed by atoms with Crippen LogP contribution in [-0.2, 0) is 6.61 Å². The first-order valence-electron chi connectivity index (χ1n) is 8.25. The molecule has 0 aliphatic rings. The maximum absolute atomic E-state index is 12.2. The van der Waals surface area contributed by atoms with Crippen molar-refractivity contribution in [2.75, 3.05) is 5.32 Å². The summed E-state index contributed by atoms with van der Waals surface area (Å²) in [4.78, 5) is 35.6. The first-order chi connectivity index (χ1) is 13.0. The van der Waals surface area contributed by atoms with Gasteiger partial charge in [-0.1, -0.05) is 30.3 Å². The second kappa shape index (κ2) is 8.14. The van der Waals surface area contributed by atoms with E-state index in [4.69, 9.17) is 9.15 Å². The van der Waals surface area contributed by atoms with Crippen molar-refractivity contribution >= 4 is 17.4 Å². The lowest BCUT2D eigenvalue weighted by Gasteiger charge is -2.07. The highest BCUT2D eigenvalue weighted by Crippen LogP contribution is 2.13. The number of carbonyl (C=O) groups excluding carboxylic acids is 2. The van der Waals surface area contributed by atoms with E-state index in [0.29, 0.717) is 11.3 Å². The second-order valence-corrected chi connectivity index (χ2v) is 5.83. The van der Waals surface area contributed by atoms with Crippen LogP contribution in [0.5, 0.6) is 5.75 Å². The van der Waals surface area contributed by atoms with Gasteiger partial charge >= 0.3 is 0 Å². The SMILES string of the molecule is CC(=O)c1ccc(NC(=O)c2cc(=O)c(OCc3ccccc3)co2)cc1. The Morgan fingerprint density at radius 2 is 1.74 bits per heavy atom. The molecule has 0 radical (unpaired) electrons. The zero-order valence-electron chi connectivity index (χ0n) is 14.6. The third kappa shape index (κ3) is 4.70. The third-order valence-electron chi connectivity index (χ3n) is 3.81. The van der Waals surface area contributed by atoms with Crippen LogP contribution in [0, 0.1) is 0 Å². The Balaban J connectivity index is 1.66. The molecule has 0 unspecified atom stereocenters. The van der Waals surface area contributed by atoms with Crippen LogP contribution in [0.1, 0.15) is 33.4 Å². The molecule has 1 N–H and O–H groups in total. The van der Waals surface area contributed by atoms with Crippen LogP contribution in [-0.4, -0.2) is 11.7 Å². The maximum Gasteiger partial charge on any atom is 0.291 e. The Morgan fingerprint density at radius 1 is 1.04 bits per heavy atom. The van der Waals surface area contributed by atoms with Crippen molar-refractivity contribution < 1.29 is 18.7 Å². The lowest BCUT2D eigenvalue weighted by atomic mass is 10.1. The smallest absolute Gasteiger partial charge is 0.291 e. The molecule has 27 heavy (non-hydrogen) atoms. The van der Waals surface area contributed by atoms with Gasteiger partial charge in [0.15, 0.2) is 11.5 Å². The van der Waals surface area contributed by atoms with Gasteiger partial charge in [-0.2, -0.15) is 0 Å². The molecule has 136 valence electrons. The van der Waals surface area contributed by atoms with Gasteiger partial charge in [-0.25, -0.2) is 0 Å². The fourth-order valence-corrected chi connectivity index (χ4v) is 2.34. The van der Waals surface area contributed by atoms with Crippen molar-refractivity contribution in [1.82, 2.24) is 0 Å². The van der Waals surface area contributed by atoms with Gasteiger partial charge in [-0.3, -0.25) is 14.4 Å². The Labute approximate surface area is 155 Å². The summed E-state index contributed by atoms with van der Waals surface area (Å²) in [6.07, 6.45) is 1.12. The summed E-state index contributed by atoms with van der Waals surface area (Å²) in [5.74, 6) is -0.744. The molecule has 3 aromatic rings. The van der Waals surface area contributed by atoms with E-state index in [2.05, 4.69) is 5.32 Å². The molecule has 0 spiro atoms. The fraction of sp³-hybridized carbons (Fsp3) is 0.0952. The third-order valence-corrected chi connectivity index (χ3v) is 3.81. The Bertz CT molecular complexity index is 1010. The fourth-order valence-electron chi connectivity index (χ4n) is 2.34. The highest BCUT2D eigenvalue weighted by molar-refractivity contribution is 6.02. The number of carbonyl (C=O) groups is 2. The molecular weight excluding hydrogens is 346 g/mol. The van der Waals surface area contributed by atoms with E-state index in [0.717, 1.165) is 17.9 Å². The molecule has 6 nitrogen and oxygen atoms in total. The van der Waals surface area contributed by atoms with Crippen LogP contribution in [0.3, 0.4) is 0 Å². The minimum absolute atomic E-state index is 0.0289. The number of Topliss-reactive ketones (excluding diaryl/α,β-unsaturated/α-hetero) is 1. The van der Waals surface area contributed by atoms with Gasteiger partial charge in [0.25, 0.3) is 5.91 Å². The lowest BCUT2D eigenvalue weighted by molar-refractivity contribution is 0.0991. The van der Waals surface area contributed by atoms with Gasteiger partial charge in [0.05, 0.1) is 0 Å². The molecule has 0 aliphatic heterocycles. The minimum Gasteiger partial charge on any atom is -0.482 e. The van der Waals surface area contributed by atoms with Crippen molar-refractivity contribution in [1.29, 1.82) is 0 Å². The summed E-state index contributed by atoms with van der Waals surface area (Å²) < 4.78 is 10.7. The average Bonchev–Trinajstić information content (AvgIpc) is 2.68. The molecule has 0 fully saturated rings.